The largest absolute Gasteiger partial charge is 0.480 e. The molecule has 2 aliphatic rings. The summed E-state index contributed by atoms with van der Waals surface area (Å²) in [6.07, 6.45) is 3.46. The molecule has 0 aromatic rings. The van der Waals surface area contributed by atoms with Crippen LogP contribution in [0.5, 0.6) is 0 Å². The van der Waals surface area contributed by atoms with Gasteiger partial charge in [0.1, 0.15) is 6.04 Å². The topological polar surface area (TPSA) is 49.3 Å². The van der Waals surface area contributed by atoms with Crippen molar-refractivity contribution in [3.8, 4) is 0 Å². The Labute approximate surface area is 65.8 Å². The molecule has 11 heavy (non-hydrogen) atoms. The highest BCUT2D eigenvalue weighted by Crippen LogP contribution is 2.36. The minimum Gasteiger partial charge on any atom is -0.480 e. The second-order valence-electron chi connectivity index (χ2n) is 3.66. The van der Waals surface area contributed by atoms with E-state index in [1.165, 1.54) is 6.42 Å². The third kappa shape index (κ3) is 1.13. The maximum Gasteiger partial charge on any atom is 0.320 e. The van der Waals surface area contributed by atoms with Crippen LogP contribution in [-0.2, 0) is 4.79 Å². The minimum atomic E-state index is -0.671. The van der Waals surface area contributed by atoms with Crippen LogP contribution in [0.15, 0.2) is 0 Å². The lowest BCUT2D eigenvalue weighted by Crippen LogP contribution is -2.46. The van der Waals surface area contributed by atoms with Crippen LogP contribution < -0.4 is 5.32 Å². The van der Waals surface area contributed by atoms with E-state index in [2.05, 4.69) is 5.32 Å². The fourth-order valence-electron chi connectivity index (χ4n) is 2.35. The molecule has 0 spiro atoms. The molecule has 3 nitrogen and oxygen atoms in total. The molecule has 2 rings (SSSR count). The summed E-state index contributed by atoms with van der Waals surface area (Å²) in [5, 5.41) is 11.9. The predicted octanol–water partition coefficient (Wildman–Crippen LogP) is 0.459. The van der Waals surface area contributed by atoms with Crippen LogP contribution in [0.25, 0.3) is 0 Å². The van der Waals surface area contributed by atoms with Gasteiger partial charge in [-0.1, -0.05) is 0 Å². The van der Waals surface area contributed by atoms with Gasteiger partial charge in [0, 0.05) is 0 Å². The number of hydrogen-bond acceptors (Lipinski definition) is 2. The highest BCUT2D eigenvalue weighted by Gasteiger charge is 2.38. The van der Waals surface area contributed by atoms with Crippen LogP contribution in [0.2, 0.25) is 0 Å². The van der Waals surface area contributed by atoms with Crippen molar-refractivity contribution < 1.29 is 9.90 Å². The Morgan fingerprint density at radius 3 is 3.00 bits per heavy atom. The summed E-state index contributed by atoms with van der Waals surface area (Å²) in [6, 6.07) is -0.256. The zero-order valence-electron chi connectivity index (χ0n) is 6.42. The second-order valence-corrected chi connectivity index (χ2v) is 3.66. The number of fused-ring (bicyclic) bond motifs is 2. The number of carboxylic acids is 1. The minimum absolute atomic E-state index is 0.256. The summed E-state index contributed by atoms with van der Waals surface area (Å²) in [5.41, 5.74) is 0. The lowest BCUT2D eigenvalue weighted by molar-refractivity contribution is -0.141. The molecule has 1 aliphatic carbocycles. The normalized spacial score (nSPS) is 42.4. The quantitative estimate of drug-likeness (QED) is 0.578. The summed E-state index contributed by atoms with van der Waals surface area (Å²) < 4.78 is 0. The molecule has 1 saturated carbocycles. The first-order chi connectivity index (χ1) is 5.27. The van der Waals surface area contributed by atoms with E-state index in [-0.39, 0.29) is 6.04 Å². The van der Waals surface area contributed by atoms with E-state index in [0.29, 0.717) is 5.92 Å². The number of piperidine rings is 1. The van der Waals surface area contributed by atoms with E-state index in [1.807, 2.05) is 0 Å². The van der Waals surface area contributed by atoms with E-state index in [9.17, 15) is 4.79 Å². The van der Waals surface area contributed by atoms with Crippen molar-refractivity contribution in [2.45, 2.75) is 25.3 Å². The summed E-state index contributed by atoms with van der Waals surface area (Å²) >= 11 is 0. The fourth-order valence-corrected chi connectivity index (χ4v) is 2.35. The van der Waals surface area contributed by atoms with Gasteiger partial charge in [-0.05, 0) is 37.6 Å². The third-order valence-corrected chi connectivity index (χ3v) is 2.95. The molecule has 0 aromatic heterocycles. The van der Waals surface area contributed by atoms with Gasteiger partial charge in [0.05, 0.1) is 0 Å². The first-order valence-electron chi connectivity index (χ1n) is 4.23. The molecule has 1 saturated heterocycles. The van der Waals surface area contributed by atoms with Crippen LogP contribution in [0, 0.1) is 11.8 Å². The summed E-state index contributed by atoms with van der Waals surface area (Å²) in [6.45, 7) is 0.910. The van der Waals surface area contributed by atoms with Gasteiger partial charge in [-0.2, -0.15) is 0 Å². The van der Waals surface area contributed by atoms with Gasteiger partial charge in [0.15, 0.2) is 0 Å². The van der Waals surface area contributed by atoms with Crippen LogP contribution in [0.4, 0.5) is 0 Å². The molecule has 0 amide bonds. The summed E-state index contributed by atoms with van der Waals surface area (Å²) in [5.74, 6) is 0.497. The predicted molar refractivity (Wildman–Crippen MR) is 40.3 cm³/mol. The van der Waals surface area contributed by atoms with Gasteiger partial charge >= 0.3 is 5.97 Å². The number of hydrogen-bond donors (Lipinski definition) is 2. The van der Waals surface area contributed by atoms with Crippen molar-refractivity contribution in [1.29, 1.82) is 0 Å². The standard InChI is InChI=1S/C8H13NO2/c10-8(11)7-6-2-1-5(3-6)4-9-7/h5-7,9H,1-4H2,(H,10,11)/t5-,6+,7-/m1/s1. The Morgan fingerprint density at radius 1 is 1.45 bits per heavy atom. The molecule has 2 N–H and O–H groups in total. The first kappa shape index (κ1) is 7.10. The average molecular weight is 155 g/mol. The number of carboxylic acid groups (broad SMARTS) is 1. The van der Waals surface area contributed by atoms with Crippen LogP contribution >= 0.6 is 0 Å². The molecule has 0 radical (unpaired) electrons. The Balaban J connectivity index is 2.07. The molecule has 0 aromatic carbocycles. The zero-order valence-corrected chi connectivity index (χ0v) is 6.42. The van der Waals surface area contributed by atoms with Crippen molar-refractivity contribution in [2.75, 3.05) is 6.54 Å². The molecule has 0 unspecified atom stereocenters. The van der Waals surface area contributed by atoms with Gasteiger partial charge < -0.3 is 10.4 Å². The van der Waals surface area contributed by atoms with Crippen molar-refractivity contribution in [3.63, 3.8) is 0 Å². The van der Waals surface area contributed by atoms with Crippen LogP contribution in [0.1, 0.15) is 19.3 Å². The number of carbonyl (C=O) groups is 1. The molecule has 3 heteroatoms. The van der Waals surface area contributed by atoms with E-state index < -0.39 is 5.97 Å². The molecule has 1 heterocycles. The van der Waals surface area contributed by atoms with Crippen molar-refractivity contribution in [1.82, 2.24) is 5.32 Å². The zero-order chi connectivity index (χ0) is 7.84. The van der Waals surface area contributed by atoms with Gasteiger partial charge in [0.25, 0.3) is 0 Å². The average Bonchev–Trinajstić information content (AvgIpc) is 2.32. The van der Waals surface area contributed by atoms with Crippen LogP contribution in [0.3, 0.4) is 0 Å². The Bertz CT molecular complexity index is 181. The highest BCUT2D eigenvalue weighted by atomic mass is 16.4. The molecule has 62 valence electrons. The van der Waals surface area contributed by atoms with E-state index in [1.54, 1.807) is 0 Å². The first-order valence-corrected chi connectivity index (χ1v) is 4.23. The molecule has 2 fully saturated rings. The van der Waals surface area contributed by atoms with Crippen molar-refractivity contribution in [3.05, 3.63) is 0 Å². The molecule has 1 aliphatic heterocycles. The second kappa shape index (κ2) is 2.48. The van der Waals surface area contributed by atoms with Crippen molar-refractivity contribution in [2.24, 2.45) is 11.8 Å². The fraction of sp³-hybridized carbons (Fsp3) is 0.875. The molecule has 2 bridgehead atoms. The summed E-state index contributed by atoms with van der Waals surface area (Å²) in [4.78, 5) is 10.7. The lowest BCUT2D eigenvalue weighted by atomic mass is 9.93. The van der Waals surface area contributed by atoms with E-state index in [0.717, 1.165) is 25.3 Å². The summed E-state index contributed by atoms with van der Waals surface area (Å²) in [7, 11) is 0. The van der Waals surface area contributed by atoms with Gasteiger partial charge in [-0.25, -0.2) is 0 Å². The van der Waals surface area contributed by atoms with Gasteiger partial charge in [-0.3, -0.25) is 4.79 Å². The third-order valence-electron chi connectivity index (χ3n) is 2.95. The van der Waals surface area contributed by atoms with Gasteiger partial charge in [0.2, 0.25) is 0 Å². The van der Waals surface area contributed by atoms with E-state index >= 15 is 0 Å². The smallest absolute Gasteiger partial charge is 0.320 e. The number of aliphatic carboxylic acids is 1. The maximum atomic E-state index is 10.7. The number of rotatable bonds is 1. The highest BCUT2D eigenvalue weighted by molar-refractivity contribution is 5.74. The van der Waals surface area contributed by atoms with E-state index in [4.69, 9.17) is 5.11 Å². The molecular formula is C8H13NO2. The van der Waals surface area contributed by atoms with Crippen molar-refractivity contribution >= 4 is 5.97 Å². The SMILES string of the molecule is O=C(O)[C@@H]1NC[C@@H]2CC[C@H]1C2. The Kier molecular flexibility index (Phi) is 1.60. The number of nitrogens with one attached hydrogen (secondary N) is 1. The van der Waals surface area contributed by atoms with Gasteiger partial charge in [-0.15, -0.1) is 0 Å². The monoisotopic (exact) mass is 155 g/mol. The lowest BCUT2D eigenvalue weighted by Gasteiger charge is -2.26. The maximum absolute atomic E-state index is 10.7. The Hall–Kier alpha value is -0.570. The molecular weight excluding hydrogens is 142 g/mol. The Morgan fingerprint density at radius 2 is 2.27 bits per heavy atom. The molecule has 3 atom stereocenters. The van der Waals surface area contributed by atoms with Crippen LogP contribution in [-0.4, -0.2) is 23.7 Å².